The molecule has 1 rings (SSSR count). The Bertz CT molecular complexity index is 438. The summed E-state index contributed by atoms with van der Waals surface area (Å²) in [5.74, 6) is 2.39. The van der Waals surface area contributed by atoms with Gasteiger partial charge in [-0.05, 0) is 17.7 Å². The van der Waals surface area contributed by atoms with Crippen LogP contribution >= 0.6 is 24.0 Å². The minimum atomic E-state index is 0. The average Bonchev–Trinajstić information content (AvgIpc) is 2.37. The van der Waals surface area contributed by atoms with Crippen LogP contribution in [-0.4, -0.2) is 58.2 Å². The molecule has 0 aliphatic rings. The summed E-state index contributed by atoms with van der Waals surface area (Å²) in [6, 6.07) is 5.84. The molecule has 0 bridgehead atoms. The van der Waals surface area contributed by atoms with Crippen LogP contribution in [0.15, 0.2) is 23.2 Å². The molecule has 0 N–H and O–H groups in total. The van der Waals surface area contributed by atoms with Gasteiger partial charge in [0.1, 0.15) is 0 Å². The molecule has 0 unspecified atom stereocenters. The number of hydrogen-bond donors (Lipinski definition) is 0. The molecule has 0 amide bonds. The Balaban J connectivity index is 0.00000361. The van der Waals surface area contributed by atoms with Crippen LogP contribution in [-0.2, 0) is 6.54 Å². The van der Waals surface area contributed by atoms with E-state index in [9.17, 15) is 0 Å². The maximum Gasteiger partial charge on any atom is 0.195 e. The van der Waals surface area contributed by atoms with Crippen molar-refractivity contribution in [2.75, 3.05) is 42.4 Å². The van der Waals surface area contributed by atoms with Crippen LogP contribution in [0.4, 0.5) is 0 Å². The lowest BCUT2D eigenvalue weighted by atomic mass is 10.2. The minimum Gasteiger partial charge on any atom is -0.493 e. The average molecular weight is 393 g/mol. The van der Waals surface area contributed by atoms with Gasteiger partial charge in [-0.15, -0.1) is 24.0 Å². The summed E-state index contributed by atoms with van der Waals surface area (Å²) in [5.41, 5.74) is 1.08. The number of hydrogen-bond acceptors (Lipinski definition) is 3. The first-order valence-corrected chi connectivity index (χ1v) is 6.09. The monoisotopic (exact) mass is 393 g/mol. The smallest absolute Gasteiger partial charge is 0.195 e. The number of guanidine groups is 1. The highest BCUT2D eigenvalue weighted by atomic mass is 127. The van der Waals surface area contributed by atoms with Crippen LogP contribution in [0.1, 0.15) is 5.56 Å². The molecule has 0 heterocycles. The zero-order chi connectivity index (χ0) is 14.4. The van der Waals surface area contributed by atoms with Crippen LogP contribution in [0.25, 0.3) is 0 Å². The van der Waals surface area contributed by atoms with Gasteiger partial charge in [0.2, 0.25) is 0 Å². The Hall–Kier alpha value is -1.18. The minimum absolute atomic E-state index is 0. The van der Waals surface area contributed by atoms with E-state index in [1.807, 2.05) is 56.2 Å². The Kier molecular flexibility index (Phi) is 8.36. The van der Waals surface area contributed by atoms with Gasteiger partial charge in [-0.25, -0.2) is 4.99 Å². The molecular weight excluding hydrogens is 369 g/mol. The van der Waals surface area contributed by atoms with Crippen molar-refractivity contribution in [2.45, 2.75) is 6.54 Å². The highest BCUT2D eigenvalue weighted by Gasteiger charge is 2.06. The Morgan fingerprint density at radius 1 is 1.00 bits per heavy atom. The largest absolute Gasteiger partial charge is 0.493 e. The molecule has 0 radical (unpaired) electrons. The van der Waals surface area contributed by atoms with Crippen molar-refractivity contribution in [1.82, 2.24) is 9.80 Å². The van der Waals surface area contributed by atoms with Crippen LogP contribution in [0.3, 0.4) is 0 Å². The quantitative estimate of drug-likeness (QED) is 0.447. The summed E-state index contributed by atoms with van der Waals surface area (Å²) in [6.07, 6.45) is 0. The van der Waals surface area contributed by atoms with Crippen LogP contribution < -0.4 is 9.47 Å². The van der Waals surface area contributed by atoms with E-state index < -0.39 is 0 Å². The van der Waals surface area contributed by atoms with Crippen molar-refractivity contribution in [3.63, 3.8) is 0 Å². The molecule has 0 fully saturated rings. The third-order valence-electron chi connectivity index (χ3n) is 2.65. The molecule has 114 valence electrons. The van der Waals surface area contributed by atoms with Gasteiger partial charge in [-0.3, -0.25) is 0 Å². The number of methoxy groups -OCH3 is 2. The molecular formula is C14H24IN3O2. The Morgan fingerprint density at radius 2 is 1.55 bits per heavy atom. The summed E-state index contributed by atoms with van der Waals surface area (Å²) in [6.45, 7) is 0.603. The molecule has 0 spiro atoms. The van der Waals surface area contributed by atoms with E-state index in [1.165, 1.54) is 0 Å². The molecule has 1 aromatic carbocycles. The Labute approximate surface area is 138 Å². The lowest BCUT2D eigenvalue weighted by Gasteiger charge is -2.22. The summed E-state index contributed by atoms with van der Waals surface area (Å²) < 4.78 is 10.5. The molecule has 0 atom stereocenters. The first-order chi connectivity index (χ1) is 8.99. The predicted octanol–water partition coefficient (Wildman–Crippen LogP) is 2.30. The topological polar surface area (TPSA) is 37.3 Å². The van der Waals surface area contributed by atoms with Gasteiger partial charge in [-0.2, -0.15) is 0 Å². The fourth-order valence-corrected chi connectivity index (χ4v) is 1.82. The molecule has 0 saturated heterocycles. The number of nitrogens with zero attached hydrogens (tertiary/aromatic N) is 3. The van der Waals surface area contributed by atoms with Gasteiger partial charge >= 0.3 is 0 Å². The maximum absolute atomic E-state index is 5.28. The lowest BCUT2D eigenvalue weighted by molar-refractivity contribution is 0.354. The SMILES string of the molecule is COc1ccc(CN=C(N(C)C)N(C)C)cc1OC.I. The predicted molar refractivity (Wildman–Crippen MR) is 93.5 cm³/mol. The van der Waals surface area contributed by atoms with E-state index in [4.69, 9.17) is 9.47 Å². The van der Waals surface area contributed by atoms with Crippen LogP contribution in [0, 0.1) is 0 Å². The molecule has 1 aromatic rings. The van der Waals surface area contributed by atoms with E-state index in [2.05, 4.69) is 4.99 Å². The van der Waals surface area contributed by atoms with E-state index in [0.717, 1.165) is 23.0 Å². The van der Waals surface area contributed by atoms with Crippen LogP contribution in [0.2, 0.25) is 0 Å². The zero-order valence-corrected chi connectivity index (χ0v) is 15.3. The van der Waals surface area contributed by atoms with Crippen molar-refractivity contribution in [2.24, 2.45) is 4.99 Å². The summed E-state index contributed by atoms with van der Waals surface area (Å²) in [4.78, 5) is 8.57. The summed E-state index contributed by atoms with van der Waals surface area (Å²) in [7, 11) is 11.2. The van der Waals surface area contributed by atoms with Gasteiger partial charge in [0, 0.05) is 28.2 Å². The normalized spacial score (nSPS) is 9.30. The summed E-state index contributed by atoms with van der Waals surface area (Å²) in [5, 5.41) is 0. The number of aliphatic imine (C=N–C) groups is 1. The van der Waals surface area contributed by atoms with Crippen LogP contribution in [0.5, 0.6) is 11.5 Å². The lowest BCUT2D eigenvalue weighted by Crippen LogP contribution is -2.35. The molecule has 0 aliphatic heterocycles. The van der Waals surface area contributed by atoms with E-state index in [0.29, 0.717) is 6.54 Å². The van der Waals surface area contributed by atoms with Crippen molar-refractivity contribution < 1.29 is 9.47 Å². The second-order valence-corrected chi connectivity index (χ2v) is 4.59. The van der Waals surface area contributed by atoms with Crippen molar-refractivity contribution >= 4 is 29.9 Å². The molecule has 0 aliphatic carbocycles. The fraction of sp³-hybridized carbons (Fsp3) is 0.500. The maximum atomic E-state index is 5.28. The molecule has 20 heavy (non-hydrogen) atoms. The van der Waals surface area contributed by atoms with Gasteiger partial charge in [0.05, 0.1) is 20.8 Å². The third-order valence-corrected chi connectivity index (χ3v) is 2.65. The zero-order valence-electron chi connectivity index (χ0n) is 13.0. The second-order valence-electron chi connectivity index (χ2n) is 4.59. The molecule has 0 aromatic heterocycles. The second kappa shape index (κ2) is 8.89. The van der Waals surface area contributed by atoms with Crippen molar-refractivity contribution in [3.05, 3.63) is 23.8 Å². The first-order valence-electron chi connectivity index (χ1n) is 6.09. The van der Waals surface area contributed by atoms with E-state index in [-0.39, 0.29) is 24.0 Å². The molecule has 6 heteroatoms. The van der Waals surface area contributed by atoms with E-state index >= 15 is 0 Å². The molecule has 5 nitrogen and oxygen atoms in total. The standard InChI is InChI=1S/C14H23N3O2.HI/c1-16(2)14(17(3)4)15-10-11-7-8-12(18-5)13(9-11)19-6;/h7-9H,10H2,1-6H3;1H. The number of rotatable bonds is 4. The third kappa shape index (κ3) is 5.07. The first kappa shape index (κ1) is 18.8. The summed E-state index contributed by atoms with van der Waals surface area (Å²) >= 11 is 0. The fourth-order valence-electron chi connectivity index (χ4n) is 1.82. The van der Waals surface area contributed by atoms with Crippen molar-refractivity contribution in [1.29, 1.82) is 0 Å². The Morgan fingerprint density at radius 3 is 2.00 bits per heavy atom. The highest BCUT2D eigenvalue weighted by Crippen LogP contribution is 2.27. The molecule has 0 saturated carbocycles. The number of ether oxygens (including phenoxy) is 2. The number of halogens is 1. The van der Waals surface area contributed by atoms with Gasteiger partial charge in [-0.1, -0.05) is 6.07 Å². The number of benzene rings is 1. The van der Waals surface area contributed by atoms with Gasteiger partial charge < -0.3 is 19.3 Å². The highest BCUT2D eigenvalue weighted by molar-refractivity contribution is 14.0. The van der Waals surface area contributed by atoms with Gasteiger partial charge in [0.15, 0.2) is 17.5 Å². The van der Waals surface area contributed by atoms with Crippen molar-refractivity contribution in [3.8, 4) is 11.5 Å². The van der Waals surface area contributed by atoms with E-state index in [1.54, 1.807) is 14.2 Å². The van der Waals surface area contributed by atoms with Gasteiger partial charge in [0.25, 0.3) is 0 Å².